The lowest BCUT2D eigenvalue weighted by atomic mass is 9.83. The number of hydrogen-bond donors (Lipinski definition) is 1. The molecule has 1 saturated heterocycles. The first-order chi connectivity index (χ1) is 17.5. The zero-order valence-electron chi connectivity index (χ0n) is 20.7. The van der Waals surface area contributed by atoms with Crippen LogP contribution >= 0.6 is 0 Å². The Bertz CT molecular complexity index is 1180. The first-order valence-electron chi connectivity index (χ1n) is 12.5. The number of likely N-dealkylation sites (tertiary alicyclic amines) is 1. The number of nitrogens with one attached hydrogen (secondary N) is 1. The van der Waals surface area contributed by atoms with Crippen LogP contribution in [0.15, 0.2) is 36.5 Å². The summed E-state index contributed by atoms with van der Waals surface area (Å²) in [5.74, 6) is 1.45. The Hall–Kier alpha value is -2.78. The van der Waals surface area contributed by atoms with Crippen LogP contribution in [0.5, 0.6) is 11.5 Å². The minimum Gasteiger partial charge on any atom is -0.496 e. The first-order valence-corrected chi connectivity index (χ1v) is 12.5. The number of alkyl halides is 3. The van der Waals surface area contributed by atoms with Gasteiger partial charge in [-0.3, -0.25) is 19.3 Å². The van der Waals surface area contributed by atoms with E-state index in [0.717, 1.165) is 47.2 Å². The molecule has 3 heterocycles. The van der Waals surface area contributed by atoms with E-state index in [1.54, 1.807) is 7.11 Å². The number of aromatic nitrogens is 2. The molecule has 9 heteroatoms. The fourth-order valence-corrected chi connectivity index (χ4v) is 5.59. The summed E-state index contributed by atoms with van der Waals surface area (Å²) in [6.45, 7) is 3.53. The van der Waals surface area contributed by atoms with Gasteiger partial charge in [0.05, 0.1) is 31.5 Å². The zero-order valence-corrected chi connectivity index (χ0v) is 20.7. The van der Waals surface area contributed by atoms with Crippen LogP contribution in [0.3, 0.4) is 0 Å². The van der Waals surface area contributed by atoms with Gasteiger partial charge in [-0.25, -0.2) is 8.78 Å². The summed E-state index contributed by atoms with van der Waals surface area (Å²) >= 11 is 0. The van der Waals surface area contributed by atoms with Crippen molar-refractivity contribution in [3.05, 3.63) is 53.2 Å². The van der Waals surface area contributed by atoms with Crippen LogP contribution in [0.1, 0.15) is 29.7 Å². The predicted octanol–water partition coefficient (Wildman–Crippen LogP) is 4.50. The second kappa shape index (κ2) is 10.7. The van der Waals surface area contributed by atoms with Crippen LogP contribution in [-0.4, -0.2) is 85.5 Å². The summed E-state index contributed by atoms with van der Waals surface area (Å²) in [4.78, 5) is 4.20. The van der Waals surface area contributed by atoms with Gasteiger partial charge in [-0.15, -0.1) is 0 Å². The lowest BCUT2D eigenvalue weighted by Crippen LogP contribution is -2.49. The van der Waals surface area contributed by atoms with Crippen LogP contribution in [0.4, 0.5) is 13.2 Å². The van der Waals surface area contributed by atoms with Gasteiger partial charge in [0.1, 0.15) is 31.0 Å². The summed E-state index contributed by atoms with van der Waals surface area (Å²) in [5.41, 5.74) is 4.03. The van der Waals surface area contributed by atoms with Crippen molar-refractivity contribution < 1.29 is 22.6 Å². The molecule has 1 N–H and O–H groups in total. The maximum Gasteiger partial charge on any atom is 0.141 e. The molecule has 6 nitrogen and oxygen atoms in total. The molecule has 194 valence electrons. The molecule has 0 amide bonds. The third-order valence-electron chi connectivity index (χ3n) is 7.47. The second-order valence-electron chi connectivity index (χ2n) is 9.90. The van der Waals surface area contributed by atoms with Gasteiger partial charge in [-0.2, -0.15) is 5.10 Å². The Balaban J connectivity index is 1.44. The molecule has 3 aromatic rings. The van der Waals surface area contributed by atoms with Crippen LogP contribution in [0.2, 0.25) is 0 Å². The smallest absolute Gasteiger partial charge is 0.141 e. The van der Waals surface area contributed by atoms with Crippen molar-refractivity contribution in [2.45, 2.75) is 31.6 Å². The number of rotatable bonds is 10. The molecule has 0 saturated carbocycles. The van der Waals surface area contributed by atoms with Gasteiger partial charge in [-0.05, 0) is 42.7 Å². The van der Waals surface area contributed by atoms with Crippen molar-refractivity contribution in [1.29, 1.82) is 0 Å². The summed E-state index contributed by atoms with van der Waals surface area (Å²) in [7, 11) is 1.61. The van der Waals surface area contributed by atoms with Crippen molar-refractivity contribution >= 4 is 10.9 Å². The number of halogens is 3. The van der Waals surface area contributed by atoms with E-state index >= 15 is 0 Å². The lowest BCUT2D eigenvalue weighted by Gasteiger charge is -2.43. The van der Waals surface area contributed by atoms with Gasteiger partial charge >= 0.3 is 0 Å². The van der Waals surface area contributed by atoms with E-state index in [4.69, 9.17) is 9.47 Å². The van der Waals surface area contributed by atoms with Gasteiger partial charge in [0, 0.05) is 55.2 Å². The lowest BCUT2D eigenvalue weighted by molar-refractivity contribution is 0.0668. The van der Waals surface area contributed by atoms with E-state index in [2.05, 4.69) is 15.1 Å². The van der Waals surface area contributed by atoms with Crippen LogP contribution in [0, 0.1) is 5.92 Å². The summed E-state index contributed by atoms with van der Waals surface area (Å²) in [5, 5.41) is 8.28. The van der Waals surface area contributed by atoms with Crippen molar-refractivity contribution in [3.63, 3.8) is 0 Å². The van der Waals surface area contributed by atoms with Gasteiger partial charge < -0.3 is 9.47 Å². The van der Waals surface area contributed by atoms with Gasteiger partial charge in [0.15, 0.2) is 0 Å². The normalized spacial score (nSPS) is 21.8. The number of hydrogen-bond acceptors (Lipinski definition) is 5. The number of nitrogens with zero attached hydrogens (tertiary/aromatic N) is 3. The Labute approximate surface area is 209 Å². The van der Waals surface area contributed by atoms with Gasteiger partial charge in [0.25, 0.3) is 0 Å². The van der Waals surface area contributed by atoms with Crippen molar-refractivity contribution in [2.75, 3.05) is 53.2 Å². The summed E-state index contributed by atoms with van der Waals surface area (Å²) in [6, 6.07) is 9.41. The number of ether oxygens (including phenoxy) is 2. The average molecular weight is 503 g/mol. The van der Waals surface area contributed by atoms with E-state index in [1.807, 2.05) is 48.4 Å². The Morgan fingerprint density at radius 2 is 1.97 bits per heavy atom. The molecule has 0 radical (unpaired) electrons. The van der Waals surface area contributed by atoms with Crippen molar-refractivity contribution in [3.8, 4) is 11.5 Å². The second-order valence-corrected chi connectivity index (χ2v) is 9.90. The summed E-state index contributed by atoms with van der Waals surface area (Å²) < 4.78 is 52.0. The van der Waals surface area contributed by atoms with Crippen LogP contribution in [-0.2, 0) is 6.42 Å². The summed E-state index contributed by atoms with van der Waals surface area (Å²) in [6.07, 6.45) is 0.974. The molecule has 1 aromatic heterocycles. The number of fused-ring (bicyclic) bond motifs is 3. The highest BCUT2D eigenvalue weighted by Crippen LogP contribution is 2.44. The molecule has 2 aromatic carbocycles. The third-order valence-corrected chi connectivity index (χ3v) is 7.47. The molecule has 36 heavy (non-hydrogen) atoms. The highest BCUT2D eigenvalue weighted by atomic mass is 19.2. The monoisotopic (exact) mass is 502 g/mol. The topological polar surface area (TPSA) is 53.6 Å². The van der Waals surface area contributed by atoms with E-state index < -0.39 is 12.8 Å². The molecule has 0 aliphatic carbocycles. The molecule has 0 spiro atoms. The fraction of sp³-hybridized carbons (Fsp3) is 0.519. The zero-order chi connectivity index (χ0) is 25.2. The van der Waals surface area contributed by atoms with E-state index in [1.165, 1.54) is 0 Å². The van der Waals surface area contributed by atoms with Crippen molar-refractivity contribution in [2.24, 2.45) is 5.92 Å². The number of aromatic amines is 1. The molecule has 3 atom stereocenters. The molecular formula is C27H33F3N4O2. The Morgan fingerprint density at radius 1 is 1.17 bits per heavy atom. The fourth-order valence-electron chi connectivity index (χ4n) is 5.59. The van der Waals surface area contributed by atoms with E-state index in [0.29, 0.717) is 24.5 Å². The predicted molar refractivity (Wildman–Crippen MR) is 133 cm³/mol. The molecular weight excluding hydrogens is 469 g/mol. The van der Waals surface area contributed by atoms with Crippen LogP contribution in [0.25, 0.3) is 10.9 Å². The molecule has 5 rings (SSSR count). The molecule has 1 fully saturated rings. The van der Waals surface area contributed by atoms with Gasteiger partial charge in [-0.1, -0.05) is 6.07 Å². The minimum absolute atomic E-state index is 0.0116. The maximum atomic E-state index is 14.4. The Kier molecular flexibility index (Phi) is 7.39. The quantitative estimate of drug-likeness (QED) is 0.443. The largest absolute Gasteiger partial charge is 0.496 e. The molecule has 1 unspecified atom stereocenters. The highest BCUT2D eigenvalue weighted by Gasteiger charge is 2.37. The van der Waals surface area contributed by atoms with E-state index in [-0.39, 0.29) is 31.2 Å². The SMILES string of the molecule is COc1cc(OCCN2CC(CF)C2)ccc1[C@@H]1c2ccc3[nH]ncc3c2C[C@@H](C)N1CC(F)CF. The average Bonchev–Trinajstić information content (AvgIpc) is 3.35. The standard InChI is InChI=1S/C27H33F3N4O2/c1-17-9-23-21(5-6-25-24(23)13-31-32-25)27(34(17)16-19(30)12-29)22-4-3-20(10-26(22)35-2)36-8-7-33-14-18(11-28)15-33/h3-6,10,13,17-19,27H,7-9,11-12,14-16H2,1-2H3,(H,31,32)/t17-,19?,27+/m1/s1. The maximum absolute atomic E-state index is 14.4. The number of methoxy groups -OCH3 is 1. The molecule has 0 bridgehead atoms. The minimum atomic E-state index is -1.57. The van der Waals surface area contributed by atoms with E-state index in [9.17, 15) is 13.2 Å². The highest BCUT2D eigenvalue weighted by molar-refractivity contribution is 5.83. The third kappa shape index (κ3) is 4.78. The number of benzene rings is 2. The van der Waals surface area contributed by atoms with Gasteiger partial charge in [0.2, 0.25) is 0 Å². The molecule has 2 aliphatic rings. The number of H-pyrrole nitrogens is 1. The van der Waals surface area contributed by atoms with Crippen molar-refractivity contribution in [1.82, 2.24) is 20.0 Å². The Morgan fingerprint density at radius 3 is 2.72 bits per heavy atom. The van der Waals surface area contributed by atoms with Crippen LogP contribution < -0.4 is 9.47 Å². The first kappa shape index (κ1) is 24.9. The molecule has 2 aliphatic heterocycles.